The minimum atomic E-state index is -0.399. The van der Waals surface area contributed by atoms with Gasteiger partial charge in [-0.3, -0.25) is 15.1 Å². The highest BCUT2D eigenvalue weighted by Gasteiger charge is 2.09. The molecular weight excluding hydrogens is 144 g/mol. The first-order valence-corrected chi connectivity index (χ1v) is 3.19. The van der Waals surface area contributed by atoms with Crippen LogP contribution in [-0.4, -0.2) is 9.91 Å². The number of pyridine rings is 1. The second-order valence-corrected chi connectivity index (χ2v) is 2.37. The molecule has 0 aromatic carbocycles. The van der Waals surface area contributed by atoms with Crippen molar-refractivity contribution in [1.29, 1.82) is 0 Å². The molecule has 0 unspecified atom stereocenters. The van der Waals surface area contributed by atoms with Crippen LogP contribution < -0.4 is 0 Å². The lowest BCUT2D eigenvalue weighted by atomic mass is 10.2. The lowest BCUT2D eigenvalue weighted by Gasteiger charge is -1.95. The maximum Gasteiger partial charge on any atom is 0.275 e. The van der Waals surface area contributed by atoms with Crippen LogP contribution in [0.2, 0.25) is 0 Å². The van der Waals surface area contributed by atoms with E-state index >= 15 is 0 Å². The second kappa shape index (κ2) is 2.65. The highest BCUT2D eigenvalue weighted by molar-refractivity contribution is 5.38. The van der Waals surface area contributed by atoms with E-state index in [9.17, 15) is 10.1 Å². The minimum absolute atomic E-state index is 0.137. The largest absolute Gasteiger partial charge is 0.275 e. The van der Waals surface area contributed by atoms with Gasteiger partial charge in [0.15, 0.2) is 0 Å². The molecule has 0 aliphatic carbocycles. The summed E-state index contributed by atoms with van der Waals surface area (Å²) in [7, 11) is 0. The monoisotopic (exact) mass is 152 g/mol. The van der Waals surface area contributed by atoms with Crippen molar-refractivity contribution in [2.45, 2.75) is 13.8 Å². The van der Waals surface area contributed by atoms with Crippen LogP contribution in [0.4, 0.5) is 5.69 Å². The zero-order chi connectivity index (χ0) is 8.43. The van der Waals surface area contributed by atoms with Crippen LogP contribution in [0.3, 0.4) is 0 Å². The van der Waals surface area contributed by atoms with Crippen molar-refractivity contribution in [1.82, 2.24) is 4.98 Å². The van der Waals surface area contributed by atoms with Gasteiger partial charge < -0.3 is 0 Å². The molecule has 4 nitrogen and oxygen atoms in total. The van der Waals surface area contributed by atoms with Gasteiger partial charge >= 0.3 is 0 Å². The Kier molecular flexibility index (Phi) is 1.85. The van der Waals surface area contributed by atoms with Crippen LogP contribution in [-0.2, 0) is 0 Å². The molecule has 1 aromatic rings. The third-order valence-electron chi connectivity index (χ3n) is 1.41. The molecule has 0 aliphatic heterocycles. The van der Waals surface area contributed by atoms with Crippen molar-refractivity contribution in [2.24, 2.45) is 0 Å². The van der Waals surface area contributed by atoms with Gasteiger partial charge in [-0.25, -0.2) is 0 Å². The molecule has 0 saturated carbocycles. The third-order valence-corrected chi connectivity index (χ3v) is 1.41. The Bertz CT molecular complexity index is 296. The fourth-order valence-electron chi connectivity index (χ4n) is 0.810. The Morgan fingerprint density at radius 2 is 2.18 bits per heavy atom. The molecule has 58 valence electrons. The van der Waals surface area contributed by atoms with E-state index in [4.69, 9.17) is 0 Å². The van der Waals surface area contributed by atoms with Crippen LogP contribution in [0, 0.1) is 24.0 Å². The molecule has 1 rings (SSSR count). The van der Waals surface area contributed by atoms with Crippen molar-refractivity contribution in [3.05, 3.63) is 33.6 Å². The number of nitrogens with zero attached hydrogens (tertiary/aromatic N) is 2. The first-order chi connectivity index (χ1) is 5.11. The van der Waals surface area contributed by atoms with Crippen LogP contribution in [0.25, 0.3) is 0 Å². The van der Waals surface area contributed by atoms with Gasteiger partial charge in [-0.1, -0.05) is 0 Å². The Morgan fingerprint density at radius 3 is 2.64 bits per heavy atom. The van der Waals surface area contributed by atoms with E-state index in [1.807, 2.05) is 0 Å². The maximum atomic E-state index is 10.4. The summed E-state index contributed by atoms with van der Waals surface area (Å²) in [5, 5.41) is 10.4. The third kappa shape index (κ3) is 1.52. The molecule has 1 aromatic heterocycles. The molecule has 0 amide bonds. The van der Waals surface area contributed by atoms with E-state index < -0.39 is 4.92 Å². The second-order valence-electron chi connectivity index (χ2n) is 2.37. The van der Waals surface area contributed by atoms with Gasteiger partial charge in [-0.2, -0.15) is 0 Å². The zero-order valence-electron chi connectivity index (χ0n) is 6.37. The predicted molar refractivity (Wildman–Crippen MR) is 40.4 cm³/mol. The van der Waals surface area contributed by atoms with E-state index in [1.54, 1.807) is 13.8 Å². The summed E-state index contributed by atoms with van der Waals surface area (Å²) in [6.45, 7) is 3.40. The Morgan fingerprint density at radius 1 is 1.55 bits per heavy atom. The average molecular weight is 152 g/mol. The molecule has 0 bridgehead atoms. The van der Waals surface area contributed by atoms with Crippen molar-refractivity contribution in [3.8, 4) is 0 Å². The molecule has 11 heavy (non-hydrogen) atoms. The van der Waals surface area contributed by atoms with E-state index in [-0.39, 0.29) is 5.69 Å². The normalized spacial score (nSPS) is 9.64. The number of aromatic nitrogens is 1. The first kappa shape index (κ1) is 7.65. The van der Waals surface area contributed by atoms with Crippen molar-refractivity contribution in [2.75, 3.05) is 0 Å². The van der Waals surface area contributed by atoms with Crippen LogP contribution in [0.15, 0.2) is 12.3 Å². The van der Waals surface area contributed by atoms with Crippen LogP contribution >= 0.6 is 0 Å². The molecule has 0 saturated heterocycles. The first-order valence-electron chi connectivity index (χ1n) is 3.19. The Hall–Kier alpha value is -1.45. The Balaban J connectivity index is 3.23. The summed E-state index contributed by atoms with van der Waals surface area (Å²) < 4.78 is 0. The quantitative estimate of drug-likeness (QED) is 0.453. The van der Waals surface area contributed by atoms with Gasteiger partial charge in [-0.05, 0) is 13.8 Å². The van der Waals surface area contributed by atoms with E-state index in [2.05, 4.69) is 4.98 Å². The fourth-order valence-corrected chi connectivity index (χ4v) is 0.810. The summed E-state index contributed by atoms with van der Waals surface area (Å²) in [6, 6.07) is 1.47. The highest BCUT2D eigenvalue weighted by atomic mass is 16.6. The van der Waals surface area contributed by atoms with Gasteiger partial charge in [0.05, 0.1) is 4.92 Å². The zero-order valence-corrected chi connectivity index (χ0v) is 6.37. The van der Waals surface area contributed by atoms with E-state index in [1.165, 1.54) is 12.3 Å². The van der Waals surface area contributed by atoms with Crippen molar-refractivity contribution < 1.29 is 4.92 Å². The molecule has 0 fully saturated rings. The lowest BCUT2D eigenvalue weighted by molar-refractivity contribution is -0.385. The number of hydrogen-bond acceptors (Lipinski definition) is 3. The average Bonchev–Trinajstić information content (AvgIpc) is 1.94. The van der Waals surface area contributed by atoms with Crippen molar-refractivity contribution >= 4 is 5.69 Å². The van der Waals surface area contributed by atoms with E-state index in [0.717, 1.165) is 0 Å². The molecule has 0 aliphatic rings. The van der Waals surface area contributed by atoms with Gasteiger partial charge in [0, 0.05) is 23.5 Å². The molecular formula is C7H8N2O2. The molecule has 0 spiro atoms. The minimum Gasteiger partial charge on any atom is -0.261 e. The summed E-state index contributed by atoms with van der Waals surface area (Å²) in [4.78, 5) is 13.9. The van der Waals surface area contributed by atoms with Gasteiger partial charge in [0.1, 0.15) is 0 Å². The van der Waals surface area contributed by atoms with Crippen LogP contribution in [0.1, 0.15) is 11.3 Å². The summed E-state index contributed by atoms with van der Waals surface area (Å²) in [5.41, 5.74) is 1.40. The summed E-state index contributed by atoms with van der Waals surface area (Å²) in [6.07, 6.45) is 1.51. The standard InChI is InChI=1S/C7H8N2O2/c1-5-4-8-6(2)3-7(5)9(10)11/h3-4H,1-2H3. The van der Waals surface area contributed by atoms with Crippen molar-refractivity contribution in [3.63, 3.8) is 0 Å². The molecule has 0 radical (unpaired) electrons. The molecule has 4 heteroatoms. The molecule has 0 atom stereocenters. The fraction of sp³-hybridized carbons (Fsp3) is 0.286. The van der Waals surface area contributed by atoms with Gasteiger partial charge in [-0.15, -0.1) is 0 Å². The SMILES string of the molecule is Cc1cc([N+](=O)[O-])c(C)cn1. The number of aryl methyl sites for hydroxylation is 2. The van der Waals surface area contributed by atoms with Gasteiger partial charge in [0.2, 0.25) is 0 Å². The smallest absolute Gasteiger partial charge is 0.261 e. The highest BCUT2D eigenvalue weighted by Crippen LogP contribution is 2.16. The summed E-state index contributed by atoms with van der Waals surface area (Å²) in [5.74, 6) is 0. The summed E-state index contributed by atoms with van der Waals surface area (Å²) >= 11 is 0. The van der Waals surface area contributed by atoms with Crippen LogP contribution in [0.5, 0.6) is 0 Å². The lowest BCUT2D eigenvalue weighted by Crippen LogP contribution is -1.93. The topological polar surface area (TPSA) is 56.0 Å². The number of nitro groups is 1. The molecule has 0 N–H and O–H groups in total. The molecule has 1 heterocycles. The van der Waals surface area contributed by atoms with E-state index in [0.29, 0.717) is 11.3 Å². The van der Waals surface area contributed by atoms with Gasteiger partial charge in [0.25, 0.3) is 5.69 Å². The Labute approximate surface area is 64.0 Å². The predicted octanol–water partition coefficient (Wildman–Crippen LogP) is 1.61. The maximum absolute atomic E-state index is 10.4. The number of rotatable bonds is 1. The number of hydrogen-bond donors (Lipinski definition) is 0.